The summed E-state index contributed by atoms with van der Waals surface area (Å²) in [7, 11) is 1.33. The Balaban J connectivity index is 2.13. The second-order valence-electron chi connectivity index (χ2n) is 4.75. The summed E-state index contributed by atoms with van der Waals surface area (Å²) in [4.78, 5) is 36.2. The molecule has 0 radical (unpaired) electrons. The number of amides is 4. The first-order chi connectivity index (χ1) is 10.1. The molecule has 1 saturated heterocycles. The van der Waals surface area contributed by atoms with Crippen molar-refractivity contribution in [3.05, 3.63) is 53.6 Å². The number of urea groups is 1. The molecule has 0 spiro atoms. The standard InChI is InChI=1S/C16H12N2O3/c1-18-15(20)13(14(19)17-16(18)21)9-11-7-4-6-10-5-2-3-8-12(10)11/h2-9H,1H3,(H,17,19,21)/b13-9-. The van der Waals surface area contributed by atoms with E-state index < -0.39 is 17.8 Å². The minimum Gasteiger partial charge on any atom is -0.273 e. The van der Waals surface area contributed by atoms with Crippen LogP contribution in [0.2, 0.25) is 0 Å². The van der Waals surface area contributed by atoms with Crippen LogP contribution in [-0.2, 0) is 9.59 Å². The van der Waals surface area contributed by atoms with Crippen LogP contribution < -0.4 is 5.32 Å². The van der Waals surface area contributed by atoms with Crippen LogP contribution in [0.3, 0.4) is 0 Å². The smallest absolute Gasteiger partial charge is 0.273 e. The van der Waals surface area contributed by atoms with E-state index >= 15 is 0 Å². The Hall–Kier alpha value is -2.95. The van der Waals surface area contributed by atoms with Gasteiger partial charge in [0.25, 0.3) is 11.8 Å². The molecule has 0 saturated carbocycles. The van der Waals surface area contributed by atoms with Crippen LogP contribution in [0.25, 0.3) is 16.8 Å². The number of carbonyl (C=O) groups excluding carboxylic acids is 3. The fraction of sp³-hybridized carbons (Fsp3) is 0.0625. The molecule has 2 aromatic carbocycles. The van der Waals surface area contributed by atoms with E-state index in [0.717, 1.165) is 21.2 Å². The van der Waals surface area contributed by atoms with Gasteiger partial charge in [-0.25, -0.2) is 4.79 Å². The predicted octanol–water partition coefficient (Wildman–Crippen LogP) is 1.93. The maximum atomic E-state index is 12.1. The van der Waals surface area contributed by atoms with Gasteiger partial charge >= 0.3 is 6.03 Å². The molecular formula is C16H12N2O3. The summed E-state index contributed by atoms with van der Waals surface area (Å²) in [5.41, 5.74) is 0.711. The van der Waals surface area contributed by atoms with Crippen LogP contribution in [0.4, 0.5) is 4.79 Å². The van der Waals surface area contributed by atoms with Gasteiger partial charge < -0.3 is 0 Å². The van der Waals surface area contributed by atoms with Crippen LogP contribution in [-0.4, -0.2) is 29.8 Å². The third kappa shape index (κ3) is 2.18. The van der Waals surface area contributed by atoms with E-state index in [0.29, 0.717) is 0 Å². The Morgan fingerprint density at radius 3 is 2.52 bits per heavy atom. The number of hydrogen-bond donors (Lipinski definition) is 1. The van der Waals surface area contributed by atoms with Crippen LogP contribution in [0.15, 0.2) is 48.0 Å². The number of likely N-dealkylation sites (N-methyl/N-ethyl adjacent to an activating group) is 1. The quantitative estimate of drug-likeness (QED) is 0.641. The zero-order chi connectivity index (χ0) is 15.0. The molecule has 0 atom stereocenters. The molecule has 0 bridgehead atoms. The van der Waals surface area contributed by atoms with E-state index in [-0.39, 0.29) is 5.57 Å². The van der Waals surface area contributed by atoms with E-state index in [1.165, 1.54) is 13.1 Å². The Morgan fingerprint density at radius 2 is 1.71 bits per heavy atom. The van der Waals surface area contributed by atoms with Gasteiger partial charge in [-0.2, -0.15) is 0 Å². The van der Waals surface area contributed by atoms with Crippen LogP contribution in [0.1, 0.15) is 5.56 Å². The van der Waals surface area contributed by atoms with Crippen molar-refractivity contribution in [2.45, 2.75) is 0 Å². The third-order valence-electron chi connectivity index (χ3n) is 3.43. The molecule has 1 heterocycles. The number of benzene rings is 2. The van der Waals surface area contributed by atoms with Crippen molar-refractivity contribution in [1.82, 2.24) is 10.2 Å². The molecule has 2 aromatic rings. The Bertz CT molecular complexity index is 803. The zero-order valence-electron chi connectivity index (χ0n) is 11.3. The molecule has 0 aromatic heterocycles. The molecule has 4 amide bonds. The largest absolute Gasteiger partial charge is 0.331 e. The van der Waals surface area contributed by atoms with E-state index in [1.54, 1.807) is 0 Å². The molecule has 1 N–H and O–H groups in total. The molecule has 0 unspecified atom stereocenters. The second-order valence-corrected chi connectivity index (χ2v) is 4.75. The van der Waals surface area contributed by atoms with Gasteiger partial charge in [0.15, 0.2) is 0 Å². The number of carbonyl (C=O) groups is 3. The van der Waals surface area contributed by atoms with Gasteiger partial charge in [-0.1, -0.05) is 42.5 Å². The lowest BCUT2D eigenvalue weighted by atomic mass is 10.0. The Morgan fingerprint density at radius 1 is 1.00 bits per heavy atom. The molecule has 1 aliphatic heterocycles. The molecule has 0 aliphatic carbocycles. The van der Waals surface area contributed by atoms with Crippen molar-refractivity contribution < 1.29 is 14.4 Å². The summed E-state index contributed by atoms with van der Waals surface area (Å²) in [5.74, 6) is -1.27. The van der Waals surface area contributed by atoms with Crippen molar-refractivity contribution in [3.63, 3.8) is 0 Å². The summed E-state index contributed by atoms with van der Waals surface area (Å²) < 4.78 is 0. The number of rotatable bonds is 1. The molecule has 5 nitrogen and oxygen atoms in total. The highest BCUT2D eigenvalue weighted by Gasteiger charge is 2.33. The van der Waals surface area contributed by atoms with Crippen molar-refractivity contribution in [1.29, 1.82) is 0 Å². The summed E-state index contributed by atoms with van der Waals surface area (Å²) in [6.07, 6.45) is 1.52. The Kier molecular flexibility index (Phi) is 3.02. The number of barbiturate groups is 1. The fourth-order valence-corrected chi connectivity index (χ4v) is 2.28. The first-order valence-corrected chi connectivity index (χ1v) is 6.41. The molecule has 3 rings (SSSR count). The number of fused-ring (bicyclic) bond motifs is 1. The molecule has 5 heteroatoms. The van der Waals surface area contributed by atoms with E-state index in [9.17, 15) is 14.4 Å². The monoisotopic (exact) mass is 280 g/mol. The lowest BCUT2D eigenvalue weighted by Crippen LogP contribution is -2.52. The van der Waals surface area contributed by atoms with Crippen molar-refractivity contribution in [2.24, 2.45) is 0 Å². The topological polar surface area (TPSA) is 66.5 Å². The van der Waals surface area contributed by atoms with Gasteiger partial charge in [0.2, 0.25) is 0 Å². The SMILES string of the molecule is CN1C(=O)NC(=O)/C(=C/c2cccc3ccccc23)C1=O. The predicted molar refractivity (Wildman–Crippen MR) is 78.2 cm³/mol. The normalized spacial score (nSPS) is 17.5. The van der Waals surface area contributed by atoms with Crippen LogP contribution >= 0.6 is 0 Å². The van der Waals surface area contributed by atoms with Gasteiger partial charge in [0, 0.05) is 7.05 Å². The highest BCUT2D eigenvalue weighted by Crippen LogP contribution is 2.22. The fourth-order valence-electron chi connectivity index (χ4n) is 2.28. The number of hydrogen-bond acceptors (Lipinski definition) is 3. The average Bonchev–Trinajstić information content (AvgIpc) is 2.49. The number of nitrogens with one attached hydrogen (secondary N) is 1. The molecule has 1 aliphatic rings. The van der Waals surface area contributed by atoms with Gasteiger partial charge in [-0.15, -0.1) is 0 Å². The van der Waals surface area contributed by atoms with Gasteiger partial charge in [0.1, 0.15) is 5.57 Å². The van der Waals surface area contributed by atoms with E-state index in [1.807, 2.05) is 42.5 Å². The van der Waals surface area contributed by atoms with E-state index in [4.69, 9.17) is 0 Å². The van der Waals surface area contributed by atoms with Crippen molar-refractivity contribution in [2.75, 3.05) is 7.05 Å². The summed E-state index contributed by atoms with van der Waals surface area (Å²) >= 11 is 0. The highest BCUT2D eigenvalue weighted by atomic mass is 16.2. The lowest BCUT2D eigenvalue weighted by Gasteiger charge is -2.22. The first kappa shape index (κ1) is 13.1. The molecule has 1 fully saturated rings. The van der Waals surface area contributed by atoms with Gasteiger partial charge in [-0.3, -0.25) is 19.8 Å². The molecular weight excluding hydrogens is 268 g/mol. The molecule has 21 heavy (non-hydrogen) atoms. The molecule has 104 valence electrons. The minimum absolute atomic E-state index is 0.0477. The third-order valence-corrected chi connectivity index (χ3v) is 3.43. The van der Waals surface area contributed by atoms with Gasteiger partial charge in [0.05, 0.1) is 0 Å². The lowest BCUT2D eigenvalue weighted by molar-refractivity contribution is -0.129. The van der Waals surface area contributed by atoms with Crippen LogP contribution in [0, 0.1) is 0 Å². The zero-order valence-corrected chi connectivity index (χ0v) is 11.3. The first-order valence-electron chi connectivity index (χ1n) is 6.41. The second kappa shape index (κ2) is 4.86. The maximum absolute atomic E-state index is 12.1. The summed E-state index contributed by atoms with van der Waals surface area (Å²) in [5, 5.41) is 4.09. The number of nitrogens with zero attached hydrogens (tertiary/aromatic N) is 1. The van der Waals surface area contributed by atoms with Gasteiger partial charge in [-0.05, 0) is 22.4 Å². The number of imide groups is 2. The summed E-state index contributed by atoms with van der Waals surface area (Å²) in [6.45, 7) is 0. The van der Waals surface area contributed by atoms with Crippen LogP contribution in [0.5, 0.6) is 0 Å². The Labute approximate surface area is 120 Å². The van der Waals surface area contributed by atoms with Crippen molar-refractivity contribution in [3.8, 4) is 0 Å². The minimum atomic E-state index is -0.708. The highest BCUT2D eigenvalue weighted by molar-refractivity contribution is 6.31. The van der Waals surface area contributed by atoms with Crippen molar-refractivity contribution >= 4 is 34.7 Å². The average molecular weight is 280 g/mol. The summed E-state index contributed by atoms with van der Waals surface area (Å²) in [6, 6.07) is 12.6. The maximum Gasteiger partial charge on any atom is 0.331 e. The van der Waals surface area contributed by atoms with E-state index in [2.05, 4.69) is 5.32 Å².